The fraction of sp³-hybridized carbons (Fsp3) is 0.0606. The molecule has 0 amide bonds. The zero-order valence-corrected chi connectivity index (χ0v) is 39.0. The lowest BCUT2D eigenvalue weighted by Crippen LogP contribution is -2.29. The van der Waals surface area contributed by atoms with Gasteiger partial charge in [-0.3, -0.25) is 0 Å². The Morgan fingerprint density at radius 2 is 0.729 bits per heavy atom. The predicted molar refractivity (Wildman–Crippen MR) is 298 cm³/mol. The van der Waals surface area contributed by atoms with E-state index in [2.05, 4.69) is 293 Å². The molecule has 4 heteroatoms. The number of aryl methyl sites for hydroxylation is 1. The van der Waals surface area contributed by atoms with Crippen molar-refractivity contribution >= 4 is 90.2 Å². The SMILES string of the molecule is C1=CCC(N(c2ccc(N(c3ccc(N(c4ccccc4)c4ccc5c(c4)C=CCC5)cc3)c3ccc(N(c4ccccc4)c4ccc5ccccc5c4)cc3)cc2)c2ccc3ccccc3c2)C=C1. The van der Waals surface area contributed by atoms with Crippen molar-refractivity contribution in [3.63, 3.8) is 0 Å². The van der Waals surface area contributed by atoms with Crippen LogP contribution in [0, 0.1) is 0 Å². The fourth-order valence-electron chi connectivity index (χ4n) is 10.2. The predicted octanol–water partition coefficient (Wildman–Crippen LogP) is 18.4. The average Bonchev–Trinajstić information content (AvgIpc) is 3.43. The maximum atomic E-state index is 2.48. The van der Waals surface area contributed by atoms with Gasteiger partial charge in [-0.2, -0.15) is 0 Å². The van der Waals surface area contributed by atoms with E-state index in [9.17, 15) is 0 Å². The number of benzene rings is 10. The number of para-hydroxylation sites is 2. The van der Waals surface area contributed by atoms with E-state index in [4.69, 9.17) is 0 Å². The first-order valence-corrected chi connectivity index (χ1v) is 24.4. The maximum Gasteiger partial charge on any atom is 0.0559 e. The van der Waals surface area contributed by atoms with E-state index in [1.54, 1.807) is 0 Å². The normalized spacial score (nSPS) is 13.8. The molecule has 1 atom stereocenters. The Bertz CT molecular complexity index is 3520. The lowest BCUT2D eigenvalue weighted by molar-refractivity contribution is 0.785. The van der Waals surface area contributed by atoms with Crippen molar-refractivity contribution in [2.24, 2.45) is 0 Å². The third-order valence-corrected chi connectivity index (χ3v) is 13.7. The molecule has 0 bridgehead atoms. The van der Waals surface area contributed by atoms with Gasteiger partial charge in [0.15, 0.2) is 0 Å². The molecule has 2 aliphatic rings. The van der Waals surface area contributed by atoms with Crippen LogP contribution in [0.2, 0.25) is 0 Å². The van der Waals surface area contributed by atoms with Crippen LogP contribution in [-0.4, -0.2) is 6.04 Å². The molecule has 10 aromatic carbocycles. The number of allylic oxidation sites excluding steroid dienone is 3. The molecule has 0 saturated carbocycles. The maximum absolute atomic E-state index is 2.48. The van der Waals surface area contributed by atoms with Gasteiger partial charge in [-0.25, -0.2) is 0 Å². The van der Waals surface area contributed by atoms with Crippen LogP contribution >= 0.6 is 0 Å². The van der Waals surface area contributed by atoms with Crippen LogP contribution in [0.4, 0.5) is 62.6 Å². The van der Waals surface area contributed by atoms with E-state index < -0.39 is 0 Å². The summed E-state index contributed by atoms with van der Waals surface area (Å²) < 4.78 is 0. The monoisotopic (exact) mass is 900 g/mol. The molecule has 0 aromatic heterocycles. The van der Waals surface area contributed by atoms with E-state index in [-0.39, 0.29) is 6.04 Å². The van der Waals surface area contributed by atoms with Crippen LogP contribution in [0.1, 0.15) is 24.0 Å². The van der Waals surface area contributed by atoms with Gasteiger partial charge in [-0.1, -0.05) is 140 Å². The van der Waals surface area contributed by atoms with E-state index in [1.165, 1.54) is 38.4 Å². The van der Waals surface area contributed by atoms with Crippen LogP contribution < -0.4 is 19.6 Å². The zero-order valence-electron chi connectivity index (χ0n) is 39.0. The lowest BCUT2D eigenvalue weighted by Gasteiger charge is -2.33. The summed E-state index contributed by atoms with van der Waals surface area (Å²) in [6.45, 7) is 0. The highest BCUT2D eigenvalue weighted by Crippen LogP contribution is 2.43. The van der Waals surface area contributed by atoms with E-state index in [0.717, 1.165) is 76.1 Å². The van der Waals surface area contributed by atoms with Gasteiger partial charge >= 0.3 is 0 Å². The van der Waals surface area contributed by atoms with Crippen LogP contribution in [0.25, 0.3) is 27.6 Å². The second kappa shape index (κ2) is 19.0. The largest absolute Gasteiger partial charge is 0.334 e. The first kappa shape index (κ1) is 42.5. The van der Waals surface area contributed by atoms with Crippen molar-refractivity contribution in [1.82, 2.24) is 0 Å². The highest BCUT2D eigenvalue weighted by molar-refractivity contribution is 5.91. The quantitative estimate of drug-likeness (QED) is 0.121. The Morgan fingerprint density at radius 3 is 1.26 bits per heavy atom. The molecule has 336 valence electrons. The molecule has 10 aromatic rings. The zero-order chi connectivity index (χ0) is 46.6. The minimum atomic E-state index is 0.182. The van der Waals surface area contributed by atoms with Crippen LogP contribution in [0.15, 0.2) is 267 Å². The van der Waals surface area contributed by atoms with Gasteiger partial charge in [0.05, 0.1) is 6.04 Å². The number of nitrogens with zero attached hydrogens (tertiary/aromatic N) is 4. The van der Waals surface area contributed by atoms with Crippen molar-refractivity contribution in [2.75, 3.05) is 19.6 Å². The van der Waals surface area contributed by atoms with Crippen LogP contribution in [0.3, 0.4) is 0 Å². The van der Waals surface area contributed by atoms with Gasteiger partial charge in [0, 0.05) is 62.6 Å². The van der Waals surface area contributed by atoms with Crippen molar-refractivity contribution in [3.8, 4) is 0 Å². The standard InChI is InChI=1S/C66H52N4/c1-4-22-55(23-5-1)68(64-31-28-49-16-10-13-19-52(49)46-64)61-40-34-58(35-41-61)67(59-36-42-62(43-37-59)69(56-24-6-2-7-25-56)65-32-29-50-17-11-14-20-53(50)47-65)60-38-44-63(45-39-60)70(57-26-8-3-9-27-57)66-33-30-51-18-12-15-21-54(51)48-66/h1-11,13-17,19-24,26-48,56H,12,18,25H2. The summed E-state index contributed by atoms with van der Waals surface area (Å²) in [7, 11) is 0. The molecule has 0 radical (unpaired) electrons. The summed E-state index contributed by atoms with van der Waals surface area (Å²) >= 11 is 0. The topological polar surface area (TPSA) is 13.0 Å². The summed E-state index contributed by atoms with van der Waals surface area (Å²) in [6, 6.07) is 86.3. The molecule has 70 heavy (non-hydrogen) atoms. The summed E-state index contributed by atoms with van der Waals surface area (Å²) in [6.07, 6.45) is 16.6. The van der Waals surface area contributed by atoms with Crippen molar-refractivity contribution in [3.05, 3.63) is 278 Å². The molecule has 0 aliphatic heterocycles. The summed E-state index contributed by atoms with van der Waals surface area (Å²) in [5.41, 5.74) is 14.8. The van der Waals surface area contributed by atoms with Crippen molar-refractivity contribution in [2.45, 2.75) is 25.3 Å². The Morgan fingerprint density at radius 1 is 0.314 bits per heavy atom. The molecule has 0 N–H and O–H groups in total. The number of rotatable bonds is 12. The number of hydrogen-bond donors (Lipinski definition) is 0. The molecule has 0 heterocycles. The minimum absolute atomic E-state index is 0.182. The van der Waals surface area contributed by atoms with E-state index >= 15 is 0 Å². The molecule has 0 fully saturated rings. The Kier molecular flexibility index (Phi) is 11.6. The van der Waals surface area contributed by atoms with Crippen molar-refractivity contribution in [1.29, 1.82) is 0 Å². The number of fused-ring (bicyclic) bond motifs is 3. The third kappa shape index (κ3) is 8.52. The van der Waals surface area contributed by atoms with Gasteiger partial charge in [0.1, 0.15) is 0 Å². The minimum Gasteiger partial charge on any atom is -0.334 e. The number of anilines is 11. The molecule has 0 saturated heterocycles. The second-order valence-electron chi connectivity index (χ2n) is 18.1. The van der Waals surface area contributed by atoms with Crippen LogP contribution in [0.5, 0.6) is 0 Å². The first-order chi connectivity index (χ1) is 34.7. The molecular weight excluding hydrogens is 849 g/mol. The Hall–Kier alpha value is -8.86. The van der Waals surface area contributed by atoms with Gasteiger partial charge in [-0.15, -0.1) is 0 Å². The van der Waals surface area contributed by atoms with Crippen molar-refractivity contribution < 1.29 is 0 Å². The molecule has 12 rings (SSSR count). The molecule has 0 spiro atoms. The summed E-state index contributed by atoms with van der Waals surface area (Å²) in [5.74, 6) is 0. The third-order valence-electron chi connectivity index (χ3n) is 13.7. The molecule has 4 nitrogen and oxygen atoms in total. The summed E-state index contributed by atoms with van der Waals surface area (Å²) in [4.78, 5) is 9.56. The fourth-order valence-corrected chi connectivity index (χ4v) is 10.2. The van der Waals surface area contributed by atoms with Crippen LogP contribution in [-0.2, 0) is 6.42 Å². The van der Waals surface area contributed by atoms with E-state index in [0.29, 0.717) is 0 Å². The molecule has 2 aliphatic carbocycles. The molecule has 1 unspecified atom stereocenters. The Labute approximate surface area is 411 Å². The Balaban J connectivity index is 0.951. The smallest absolute Gasteiger partial charge is 0.0559 e. The van der Waals surface area contributed by atoms with Gasteiger partial charge in [-0.05, 0) is 185 Å². The summed E-state index contributed by atoms with van der Waals surface area (Å²) in [5, 5.41) is 4.90. The first-order valence-electron chi connectivity index (χ1n) is 24.4. The number of hydrogen-bond acceptors (Lipinski definition) is 4. The van der Waals surface area contributed by atoms with Gasteiger partial charge in [0.25, 0.3) is 0 Å². The molecular formula is C66H52N4. The highest BCUT2D eigenvalue weighted by atomic mass is 15.2. The van der Waals surface area contributed by atoms with Gasteiger partial charge in [0.2, 0.25) is 0 Å². The second-order valence-corrected chi connectivity index (χ2v) is 18.1. The van der Waals surface area contributed by atoms with Gasteiger partial charge < -0.3 is 19.6 Å². The average molecular weight is 901 g/mol. The highest BCUT2D eigenvalue weighted by Gasteiger charge is 2.22. The van der Waals surface area contributed by atoms with E-state index in [1.807, 2.05) is 0 Å². The lowest BCUT2D eigenvalue weighted by atomic mass is 9.96.